The topological polar surface area (TPSA) is 37.8 Å². The van der Waals surface area contributed by atoms with Crippen LogP contribution >= 0.6 is 38.9 Å². The second-order valence-electron chi connectivity index (χ2n) is 4.81. The van der Waals surface area contributed by atoms with E-state index in [0.29, 0.717) is 5.92 Å². The number of halogens is 2. The summed E-state index contributed by atoms with van der Waals surface area (Å²) >= 11 is 11.2. The van der Waals surface area contributed by atoms with E-state index in [9.17, 15) is 0 Å². The van der Waals surface area contributed by atoms with Crippen LogP contribution in [0, 0.1) is 0 Å². The molecule has 0 radical (unpaired) electrons. The Balaban J connectivity index is 2.49. The van der Waals surface area contributed by atoms with Crippen LogP contribution in [0.25, 0.3) is 10.7 Å². The van der Waals surface area contributed by atoms with Crippen molar-refractivity contribution in [2.24, 2.45) is 0 Å². The molecule has 0 spiro atoms. The lowest BCUT2D eigenvalue weighted by atomic mass is 10.1. The van der Waals surface area contributed by atoms with Crippen LogP contribution < -0.4 is 5.32 Å². The SMILES string of the molecule is CCCNc1nc(-c2cc(Cl)cs2)nc(C(C)C)c1Br. The van der Waals surface area contributed by atoms with Gasteiger partial charge < -0.3 is 5.32 Å². The van der Waals surface area contributed by atoms with Crippen molar-refractivity contribution >= 4 is 44.7 Å². The first kappa shape index (κ1) is 15.7. The zero-order valence-electron chi connectivity index (χ0n) is 11.7. The Hall–Kier alpha value is -0.650. The van der Waals surface area contributed by atoms with Gasteiger partial charge in [-0.05, 0) is 34.3 Å². The lowest BCUT2D eigenvalue weighted by Crippen LogP contribution is -2.08. The highest BCUT2D eigenvalue weighted by atomic mass is 79.9. The second-order valence-corrected chi connectivity index (χ2v) is 6.95. The smallest absolute Gasteiger partial charge is 0.171 e. The Kier molecular flexibility index (Phi) is 5.41. The molecule has 0 fully saturated rings. The summed E-state index contributed by atoms with van der Waals surface area (Å²) in [4.78, 5) is 10.3. The molecule has 108 valence electrons. The van der Waals surface area contributed by atoms with E-state index in [1.54, 1.807) is 11.3 Å². The molecule has 0 aromatic carbocycles. The normalized spacial score (nSPS) is 11.1. The van der Waals surface area contributed by atoms with Crippen molar-refractivity contribution in [3.8, 4) is 10.7 Å². The molecule has 0 atom stereocenters. The standard InChI is InChI=1S/C14H17BrClN3S/c1-4-5-17-14-11(15)12(8(2)3)18-13(19-14)10-6-9(16)7-20-10/h6-8H,4-5H2,1-3H3,(H,17,18,19). The minimum atomic E-state index is 0.323. The zero-order chi connectivity index (χ0) is 14.7. The molecule has 0 saturated carbocycles. The van der Waals surface area contributed by atoms with Crippen LogP contribution in [0.5, 0.6) is 0 Å². The average Bonchev–Trinajstić information content (AvgIpc) is 2.84. The van der Waals surface area contributed by atoms with Crippen LogP contribution in [0.1, 0.15) is 38.8 Å². The van der Waals surface area contributed by atoms with Crippen molar-refractivity contribution in [1.29, 1.82) is 0 Å². The molecule has 2 aromatic heterocycles. The molecule has 0 aliphatic heterocycles. The van der Waals surface area contributed by atoms with Gasteiger partial charge in [-0.1, -0.05) is 32.4 Å². The number of nitrogens with one attached hydrogen (secondary N) is 1. The molecule has 0 amide bonds. The van der Waals surface area contributed by atoms with E-state index in [1.165, 1.54) is 0 Å². The van der Waals surface area contributed by atoms with Gasteiger partial charge in [0.25, 0.3) is 0 Å². The van der Waals surface area contributed by atoms with E-state index in [1.807, 2.05) is 11.4 Å². The van der Waals surface area contributed by atoms with Gasteiger partial charge in [0.05, 0.1) is 20.1 Å². The van der Waals surface area contributed by atoms with Gasteiger partial charge in [0.1, 0.15) is 5.82 Å². The molecule has 3 nitrogen and oxygen atoms in total. The van der Waals surface area contributed by atoms with Crippen LogP contribution in [0.15, 0.2) is 15.9 Å². The van der Waals surface area contributed by atoms with E-state index in [2.05, 4.69) is 52.0 Å². The molecule has 0 aliphatic carbocycles. The zero-order valence-corrected chi connectivity index (χ0v) is 14.9. The molecule has 2 rings (SSSR count). The summed E-state index contributed by atoms with van der Waals surface area (Å²) in [5.74, 6) is 1.90. The maximum Gasteiger partial charge on any atom is 0.171 e. The van der Waals surface area contributed by atoms with Crippen LogP contribution in [0.2, 0.25) is 5.02 Å². The third-order valence-electron chi connectivity index (χ3n) is 2.75. The van der Waals surface area contributed by atoms with E-state index >= 15 is 0 Å². The summed E-state index contributed by atoms with van der Waals surface area (Å²) in [6, 6.07) is 1.91. The predicted octanol–water partition coefficient (Wildman–Crippen LogP) is 5.57. The van der Waals surface area contributed by atoms with Gasteiger partial charge in [0.2, 0.25) is 0 Å². The summed E-state index contributed by atoms with van der Waals surface area (Å²) in [5.41, 5.74) is 1.01. The van der Waals surface area contributed by atoms with Crippen LogP contribution in [0.3, 0.4) is 0 Å². The first-order valence-electron chi connectivity index (χ1n) is 6.58. The lowest BCUT2D eigenvalue weighted by Gasteiger charge is -2.14. The molecule has 0 saturated heterocycles. The van der Waals surface area contributed by atoms with Crippen molar-refractivity contribution in [1.82, 2.24) is 9.97 Å². The number of nitrogens with zero attached hydrogens (tertiary/aromatic N) is 2. The number of hydrogen-bond donors (Lipinski definition) is 1. The van der Waals surface area contributed by atoms with Crippen molar-refractivity contribution in [3.05, 3.63) is 26.6 Å². The minimum absolute atomic E-state index is 0.323. The highest BCUT2D eigenvalue weighted by molar-refractivity contribution is 9.10. The molecule has 2 heterocycles. The number of aromatic nitrogens is 2. The molecular weight excluding hydrogens is 358 g/mol. The molecular formula is C14H17BrClN3S. The Morgan fingerprint density at radius 3 is 2.70 bits per heavy atom. The van der Waals surface area contributed by atoms with Gasteiger partial charge in [-0.15, -0.1) is 11.3 Å². The van der Waals surface area contributed by atoms with Crippen LogP contribution in [-0.4, -0.2) is 16.5 Å². The quantitative estimate of drug-likeness (QED) is 0.743. The van der Waals surface area contributed by atoms with E-state index < -0.39 is 0 Å². The highest BCUT2D eigenvalue weighted by Gasteiger charge is 2.16. The largest absolute Gasteiger partial charge is 0.369 e. The van der Waals surface area contributed by atoms with Gasteiger partial charge >= 0.3 is 0 Å². The summed E-state index contributed by atoms with van der Waals surface area (Å²) in [6.07, 6.45) is 1.05. The summed E-state index contributed by atoms with van der Waals surface area (Å²) in [5, 5.41) is 5.98. The predicted molar refractivity (Wildman–Crippen MR) is 90.9 cm³/mol. The second kappa shape index (κ2) is 6.87. The first-order valence-corrected chi connectivity index (χ1v) is 8.63. The Morgan fingerprint density at radius 1 is 1.40 bits per heavy atom. The fourth-order valence-electron chi connectivity index (χ4n) is 1.75. The highest BCUT2D eigenvalue weighted by Crippen LogP contribution is 2.34. The van der Waals surface area contributed by atoms with Crippen molar-refractivity contribution in [2.75, 3.05) is 11.9 Å². The summed E-state index contributed by atoms with van der Waals surface area (Å²) in [6.45, 7) is 7.27. The first-order chi connectivity index (χ1) is 9.52. The van der Waals surface area contributed by atoms with Crippen molar-refractivity contribution in [2.45, 2.75) is 33.1 Å². The minimum Gasteiger partial charge on any atom is -0.369 e. The maximum atomic E-state index is 6.00. The van der Waals surface area contributed by atoms with E-state index in [-0.39, 0.29) is 0 Å². The Labute approximate surface area is 136 Å². The number of thiophene rings is 1. The monoisotopic (exact) mass is 373 g/mol. The molecule has 20 heavy (non-hydrogen) atoms. The molecule has 0 bridgehead atoms. The van der Waals surface area contributed by atoms with Crippen molar-refractivity contribution < 1.29 is 0 Å². The fraction of sp³-hybridized carbons (Fsp3) is 0.429. The molecule has 1 N–H and O–H groups in total. The van der Waals surface area contributed by atoms with Gasteiger partial charge in [-0.25, -0.2) is 9.97 Å². The van der Waals surface area contributed by atoms with Gasteiger partial charge in [0, 0.05) is 11.9 Å². The lowest BCUT2D eigenvalue weighted by molar-refractivity contribution is 0.808. The summed E-state index contributed by atoms with van der Waals surface area (Å²) < 4.78 is 0.951. The third kappa shape index (κ3) is 3.51. The third-order valence-corrected chi connectivity index (χ3v) is 4.81. The number of hydrogen-bond acceptors (Lipinski definition) is 4. The molecule has 0 aliphatic rings. The molecule has 6 heteroatoms. The average molecular weight is 375 g/mol. The Morgan fingerprint density at radius 2 is 2.15 bits per heavy atom. The van der Waals surface area contributed by atoms with E-state index in [0.717, 1.165) is 44.7 Å². The van der Waals surface area contributed by atoms with E-state index in [4.69, 9.17) is 11.6 Å². The Bertz CT molecular complexity index is 598. The number of anilines is 1. The fourth-order valence-corrected chi connectivity index (χ4v) is 3.53. The molecule has 2 aromatic rings. The number of rotatable bonds is 5. The van der Waals surface area contributed by atoms with Crippen molar-refractivity contribution in [3.63, 3.8) is 0 Å². The van der Waals surface area contributed by atoms with Gasteiger partial charge in [-0.3, -0.25) is 0 Å². The summed E-state index contributed by atoms with van der Waals surface area (Å²) in [7, 11) is 0. The van der Waals surface area contributed by atoms with Crippen LogP contribution in [-0.2, 0) is 0 Å². The van der Waals surface area contributed by atoms with Gasteiger partial charge in [0.15, 0.2) is 5.82 Å². The maximum absolute atomic E-state index is 6.00. The van der Waals surface area contributed by atoms with Crippen LogP contribution in [0.4, 0.5) is 5.82 Å². The van der Waals surface area contributed by atoms with Gasteiger partial charge in [-0.2, -0.15) is 0 Å². The molecule has 0 unspecified atom stereocenters.